The minimum absolute atomic E-state index is 0.0561. The third-order valence-electron chi connectivity index (χ3n) is 4.12. The van der Waals surface area contributed by atoms with E-state index in [-0.39, 0.29) is 5.91 Å². The fraction of sp³-hybridized carbons (Fsp3) is 0.529. The average Bonchev–Trinajstić information content (AvgIpc) is 3.00. The fourth-order valence-corrected chi connectivity index (χ4v) is 3.19. The van der Waals surface area contributed by atoms with Gasteiger partial charge in [0.1, 0.15) is 6.04 Å². The minimum Gasteiger partial charge on any atom is -0.467 e. The molecule has 1 saturated carbocycles. The van der Waals surface area contributed by atoms with Crippen LogP contribution in [0.4, 0.5) is 0 Å². The fourth-order valence-electron chi connectivity index (χ4n) is 2.92. The van der Waals surface area contributed by atoms with Gasteiger partial charge in [0.25, 0.3) is 0 Å². The van der Waals surface area contributed by atoms with Crippen LogP contribution in [0.2, 0.25) is 0 Å². The molecule has 1 N–H and O–H groups in total. The maximum Gasteiger partial charge on any atom is 0.328 e. The lowest BCUT2D eigenvalue weighted by Crippen LogP contribution is -2.43. The van der Waals surface area contributed by atoms with Crippen LogP contribution < -0.4 is 5.32 Å². The number of ether oxygens (including phenoxy) is 1. The van der Waals surface area contributed by atoms with Gasteiger partial charge in [0, 0.05) is 17.3 Å². The summed E-state index contributed by atoms with van der Waals surface area (Å²) in [5, 5.41) is 2.83. The van der Waals surface area contributed by atoms with Gasteiger partial charge in [0.2, 0.25) is 5.91 Å². The number of benzene rings is 1. The van der Waals surface area contributed by atoms with Crippen LogP contribution in [0, 0.1) is 5.92 Å². The number of esters is 1. The molecule has 2 rings (SSSR count). The Balaban J connectivity index is 1.94. The van der Waals surface area contributed by atoms with Crippen LogP contribution in [-0.2, 0) is 20.7 Å². The van der Waals surface area contributed by atoms with E-state index in [1.165, 1.54) is 20.0 Å². The lowest BCUT2D eigenvalue weighted by Gasteiger charge is -2.18. The number of hydrogen-bond donors (Lipinski definition) is 1. The van der Waals surface area contributed by atoms with Crippen LogP contribution in [0.3, 0.4) is 0 Å². The number of carbonyl (C=O) groups excluding carboxylic acids is 2. The second kappa shape index (κ2) is 8.32. The van der Waals surface area contributed by atoms with E-state index < -0.39 is 12.0 Å². The first-order chi connectivity index (χ1) is 10.6. The molecule has 0 aliphatic heterocycles. The Hall–Kier alpha value is -1.36. The van der Waals surface area contributed by atoms with Crippen molar-refractivity contribution in [1.29, 1.82) is 0 Å². The van der Waals surface area contributed by atoms with E-state index in [2.05, 4.69) is 21.2 Å². The Morgan fingerprint density at radius 3 is 2.50 bits per heavy atom. The summed E-state index contributed by atoms with van der Waals surface area (Å²) in [5.74, 6) is 0.00748. The smallest absolute Gasteiger partial charge is 0.328 e. The second-order valence-electron chi connectivity index (χ2n) is 5.83. The molecule has 0 heterocycles. The summed E-state index contributed by atoms with van der Waals surface area (Å²) < 4.78 is 5.80. The molecular formula is C17H22BrNO3. The summed E-state index contributed by atoms with van der Waals surface area (Å²) in [7, 11) is 1.35. The molecule has 0 aromatic heterocycles. The first-order valence-corrected chi connectivity index (χ1v) is 8.49. The molecule has 1 aromatic carbocycles. The van der Waals surface area contributed by atoms with Crippen LogP contribution >= 0.6 is 15.9 Å². The quantitative estimate of drug-likeness (QED) is 0.785. The Morgan fingerprint density at radius 2 is 1.91 bits per heavy atom. The van der Waals surface area contributed by atoms with Crippen molar-refractivity contribution in [1.82, 2.24) is 5.32 Å². The van der Waals surface area contributed by atoms with E-state index in [1.54, 1.807) is 0 Å². The van der Waals surface area contributed by atoms with Gasteiger partial charge in [-0.2, -0.15) is 0 Å². The van der Waals surface area contributed by atoms with E-state index >= 15 is 0 Å². The van der Waals surface area contributed by atoms with Crippen molar-refractivity contribution >= 4 is 27.8 Å². The molecule has 5 heteroatoms. The Kier molecular flexibility index (Phi) is 6.43. The van der Waals surface area contributed by atoms with Crippen molar-refractivity contribution in [3.63, 3.8) is 0 Å². The van der Waals surface area contributed by atoms with Gasteiger partial charge in [0.05, 0.1) is 7.11 Å². The van der Waals surface area contributed by atoms with Gasteiger partial charge in [-0.3, -0.25) is 4.79 Å². The van der Waals surface area contributed by atoms with E-state index in [1.807, 2.05) is 24.3 Å². The van der Waals surface area contributed by atoms with E-state index in [4.69, 9.17) is 4.74 Å². The number of rotatable bonds is 6. The van der Waals surface area contributed by atoms with Crippen molar-refractivity contribution in [2.24, 2.45) is 5.92 Å². The standard InChI is InChI=1S/C17H22BrNO3/c1-22-17(21)15(10-13-6-8-14(18)9-7-13)19-16(20)11-12-4-2-3-5-12/h6-9,12,15H,2-5,10-11H2,1H3,(H,19,20)/t15-/m1/s1. The zero-order chi connectivity index (χ0) is 15.9. The van der Waals surface area contributed by atoms with E-state index in [0.29, 0.717) is 18.8 Å². The molecule has 1 aromatic rings. The van der Waals surface area contributed by atoms with Crippen LogP contribution in [0.25, 0.3) is 0 Å². The lowest BCUT2D eigenvalue weighted by atomic mass is 10.0. The topological polar surface area (TPSA) is 55.4 Å². The van der Waals surface area contributed by atoms with Gasteiger partial charge >= 0.3 is 5.97 Å². The molecule has 4 nitrogen and oxygen atoms in total. The number of nitrogens with one attached hydrogen (secondary N) is 1. The van der Waals surface area contributed by atoms with Crippen molar-refractivity contribution in [2.45, 2.75) is 44.6 Å². The number of methoxy groups -OCH3 is 1. The van der Waals surface area contributed by atoms with E-state index in [0.717, 1.165) is 22.9 Å². The molecule has 0 radical (unpaired) electrons. The summed E-state index contributed by atoms with van der Waals surface area (Å²) >= 11 is 3.38. The van der Waals surface area contributed by atoms with Gasteiger partial charge in [-0.25, -0.2) is 4.79 Å². The molecule has 0 spiro atoms. The first kappa shape index (κ1) is 17.0. The molecule has 0 bridgehead atoms. The molecule has 1 atom stereocenters. The number of hydrogen-bond acceptors (Lipinski definition) is 3. The highest BCUT2D eigenvalue weighted by atomic mass is 79.9. The zero-order valence-electron chi connectivity index (χ0n) is 12.8. The number of halogens is 1. The Morgan fingerprint density at radius 1 is 1.27 bits per heavy atom. The highest BCUT2D eigenvalue weighted by Gasteiger charge is 2.24. The monoisotopic (exact) mass is 367 g/mol. The van der Waals surface area contributed by atoms with Gasteiger partial charge in [-0.15, -0.1) is 0 Å². The van der Waals surface area contributed by atoms with Crippen LogP contribution in [0.1, 0.15) is 37.7 Å². The summed E-state index contributed by atoms with van der Waals surface area (Å²) in [6.45, 7) is 0. The summed E-state index contributed by atoms with van der Waals surface area (Å²) in [6.07, 6.45) is 5.59. The summed E-state index contributed by atoms with van der Waals surface area (Å²) in [5.41, 5.74) is 0.986. The zero-order valence-corrected chi connectivity index (χ0v) is 14.4. The average molecular weight is 368 g/mol. The van der Waals surface area contributed by atoms with Crippen LogP contribution in [0.15, 0.2) is 28.7 Å². The predicted molar refractivity (Wildman–Crippen MR) is 88.4 cm³/mol. The molecule has 1 aliphatic carbocycles. The van der Waals surface area contributed by atoms with Gasteiger partial charge < -0.3 is 10.1 Å². The first-order valence-electron chi connectivity index (χ1n) is 7.70. The maximum atomic E-state index is 12.1. The summed E-state index contributed by atoms with van der Waals surface area (Å²) in [4.78, 5) is 24.1. The molecule has 1 aliphatic rings. The maximum absolute atomic E-state index is 12.1. The lowest BCUT2D eigenvalue weighted by molar-refractivity contribution is -0.145. The number of carbonyl (C=O) groups is 2. The van der Waals surface area contributed by atoms with Gasteiger partial charge in [0.15, 0.2) is 0 Å². The highest BCUT2D eigenvalue weighted by molar-refractivity contribution is 9.10. The molecule has 120 valence electrons. The van der Waals surface area contributed by atoms with Crippen molar-refractivity contribution < 1.29 is 14.3 Å². The third kappa shape index (κ3) is 5.13. The third-order valence-corrected chi connectivity index (χ3v) is 4.65. The largest absolute Gasteiger partial charge is 0.467 e. The van der Waals surface area contributed by atoms with Crippen LogP contribution in [-0.4, -0.2) is 25.0 Å². The normalized spacial score (nSPS) is 16.3. The SMILES string of the molecule is COC(=O)[C@@H](Cc1ccc(Br)cc1)NC(=O)CC1CCCC1. The van der Waals surface area contributed by atoms with Crippen molar-refractivity contribution in [3.8, 4) is 0 Å². The molecular weight excluding hydrogens is 346 g/mol. The van der Waals surface area contributed by atoms with Gasteiger partial charge in [-0.05, 0) is 36.5 Å². The highest BCUT2D eigenvalue weighted by Crippen LogP contribution is 2.27. The molecule has 22 heavy (non-hydrogen) atoms. The second-order valence-corrected chi connectivity index (χ2v) is 6.74. The van der Waals surface area contributed by atoms with E-state index in [9.17, 15) is 9.59 Å². The minimum atomic E-state index is -0.625. The van der Waals surface area contributed by atoms with Gasteiger partial charge in [-0.1, -0.05) is 40.9 Å². The predicted octanol–water partition coefficient (Wildman–Crippen LogP) is 3.23. The summed E-state index contributed by atoms with van der Waals surface area (Å²) in [6, 6.07) is 7.08. The van der Waals surface area contributed by atoms with Crippen molar-refractivity contribution in [2.75, 3.05) is 7.11 Å². The molecule has 0 unspecified atom stereocenters. The Bertz CT molecular complexity index is 509. The number of amides is 1. The molecule has 0 saturated heterocycles. The molecule has 1 amide bonds. The van der Waals surface area contributed by atoms with Crippen LogP contribution in [0.5, 0.6) is 0 Å². The van der Waals surface area contributed by atoms with Crippen molar-refractivity contribution in [3.05, 3.63) is 34.3 Å². The Labute approximate surface area is 139 Å². The molecule has 1 fully saturated rings.